The average molecular weight is 330 g/mol. The van der Waals surface area contributed by atoms with E-state index >= 15 is 0 Å². The lowest BCUT2D eigenvalue weighted by molar-refractivity contribution is -0.286. The van der Waals surface area contributed by atoms with Gasteiger partial charge in [-0.2, -0.15) is 0 Å². The number of nitrogens with one attached hydrogen (secondary N) is 1. The predicted octanol–water partition coefficient (Wildman–Crippen LogP) is 4.05. The van der Waals surface area contributed by atoms with Gasteiger partial charge in [0.1, 0.15) is 5.82 Å². The van der Waals surface area contributed by atoms with Crippen LogP contribution >= 0.6 is 11.6 Å². The van der Waals surface area contributed by atoms with Crippen LogP contribution in [0.5, 0.6) is 11.5 Å². The lowest BCUT2D eigenvalue weighted by atomic mass is 10.1. The first-order chi connectivity index (χ1) is 10.4. The van der Waals surface area contributed by atoms with Crippen LogP contribution in [-0.4, -0.2) is 12.2 Å². The first kappa shape index (κ1) is 14.5. The summed E-state index contributed by atoms with van der Waals surface area (Å²) in [5, 5.41) is 2.23. The van der Waals surface area contributed by atoms with E-state index < -0.39 is 18.0 Å². The van der Waals surface area contributed by atoms with Crippen molar-refractivity contribution in [2.45, 2.75) is 6.29 Å². The maximum atomic E-state index is 13.1. The Balaban J connectivity index is 1.88. The molecule has 1 aliphatic heterocycles. The summed E-state index contributed by atoms with van der Waals surface area (Å²) in [6, 6.07) is 7.47. The summed E-state index contributed by atoms with van der Waals surface area (Å²) in [7, 11) is 0. The molecule has 2 aromatic carbocycles. The van der Waals surface area contributed by atoms with Gasteiger partial charge in [-0.1, -0.05) is 17.7 Å². The van der Waals surface area contributed by atoms with E-state index in [0.717, 1.165) is 6.07 Å². The molecule has 22 heavy (non-hydrogen) atoms. The van der Waals surface area contributed by atoms with E-state index in [-0.39, 0.29) is 27.8 Å². The number of benzene rings is 2. The molecule has 1 aliphatic rings. The molecule has 0 bridgehead atoms. The molecule has 3 rings (SSSR count). The van der Waals surface area contributed by atoms with Crippen molar-refractivity contribution in [2.24, 2.45) is 0 Å². The molecule has 1 N–H and O–H groups in total. The van der Waals surface area contributed by atoms with Crippen LogP contribution < -0.4 is 14.8 Å². The molecule has 0 aliphatic carbocycles. The van der Waals surface area contributed by atoms with Gasteiger partial charge in [-0.15, -0.1) is 8.78 Å². The maximum Gasteiger partial charge on any atom is 0.586 e. The molecule has 1 amide bonds. The second-order valence-corrected chi connectivity index (χ2v) is 4.79. The molecule has 4 nitrogen and oxygen atoms in total. The number of fused-ring (bicyclic) bond motifs is 1. The van der Waals surface area contributed by atoms with Crippen molar-refractivity contribution in [3.05, 3.63) is 52.8 Å². The number of anilines is 1. The van der Waals surface area contributed by atoms with Crippen LogP contribution in [0.2, 0.25) is 5.02 Å². The summed E-state index contributed by atoms with van der Waals surface area (Å²) in [4.78, 5) is 12.2. The van der Waals surface area contributed by atoms with Crippen LogP contribution in [-0.2, 0) is 0 Å². The maximum absolute atomic E-state index is 13.1. The van der Waals surface area contributed by atoms with Crippen LogP contribution in [0.4, 0.5) is 18.9 Å². The predicted molar refractivity (Wildman–Crippen MR) is 72.0 cm³/mol. The molecule has 0 atom stereocenters. The largest absolute Gasteiger partial charge is 0.586 e. The number of amides is 1. The number of rotatable bonds is 2. The standard InChI is InChI=1S/C14H7ClF3NO3/c15-9-6-7(4-5-10(9)16)19-13(20)8-2-1-3-11-12(8)22-14(17,18)21-11/h1-6H,(H,19,20). The molecular weight excluding hydrogens is 323 g/mol. The van der Waals surface area contributed by atoms with Crippen LogP contribution in [0.15, 0.2) is 36.4 Å². The lowest BCUT2D eigenvalue weighted by Gasteiger charge is -2.08. The highest BCUT2D eigenvalue weighted by atomic mass is 35.5. The summed E-state index contributed by atoms with van der Waals surface area (Å²) in [6.45, 7) is 0. The highest BCUT2D eigenvalue weighted by Gasteiger charge is 2.45. The molecule has 0 radical (unpaired) electrons. The summed E-state index contributed by atoms with van der Waals surface area (Å²) in [5.74, 6) is -1.97. The minimum absolute atomic E-state index is 0.143. The zero-order valence-electron chi connectivity index (χ0n) is 10.7. The molecule has 0 spiro atoms. The number of para-hydroxylation sites is 1. The number of hydrogen-bond acceptors (Lipinski definition) is 3. The van der Waals surface area contributed by atoms with Crippen molar-refractivity contribution in [3.63, 3.8) is 0 Å². The molecule has 1 heterocycles. The van der Waals surface area contributed by atoms with E-state index in [2.05, 4.69) is 14.8 Å². The first-order valence-corrected chi connectivity index (χ1v) is 6.39. The molecule has 114 valence electrons. The first-order valence-electron chi connectivity index (χ1n) is 6.01. The Morgan fingerprint density at radius 2 is 1.95 bits per heavy atom. The molecule has 0 saturated heterocycles. The van der Waals surface area contributed by atoms with E-state index in [1.54, 1.807) is 0 Å². The molecule has 8 heteroatoms. The third kappa shape index (κ3) is 2.67. The second-order valence-electron chi connectivity index (χ2n) is 4.38. The smallest absolute Gasteiger partial charge is 0.395 e. The fraction of sp³-hybridized carbons (Fsp3) is 0.0714. The van der Waals surface area contributed by atoms with E-state index in [1.807, 2.05) is 0 Å². The Morgan fingerprint density at radius 1 is 1.18 bits per heavy atom. The Hall–Kier alpha value is -2.41. The van der Waals surface area contributed by atoms with Gasteiger partial charge < -0.3 is 14.8 Å². The summed E-state index contributed by atoms with van der Waals surface area (Å²) < 4.78 is 47.8. The second kappa shape index (κ2) is 5.10. The zero-order valence-corrected chi connectivity index (χ0v) is 11.5. The minimum Gasteiger partial charge on any atom is -0.395 e. The Morgan fingerprint density at radius 3 is 2.68 bits per heavy atom. The van der Waals surface area contributed by atoms with Crippen LogP contribution in [0.1, 0.15) is 10.4 Å². The van der Waals surface area contributed by atoms with Gasteiger partial charge >= 0.3 is 6.29 Å². The van der Waals surface area contributed by atoms with Gasteiger partial charge in [0.25, 0.3) is 5.91 Å². The van der Waals surface area contributed by atoms with E-state index in [4.69, 9.17) is 11.6 Å². The average Bonchev–Trinajstić information content (AvgIpc) is 2.76. The van der Waals surface area contributed by atoms with Crippen molar-refractivity contribution in [2.75, 3.05) is 5.32 Å². The number of halogens is 4. The fourth-order valence-corrected chi connectivity index (χ4v) is 2.10. The van der Waals surface area contributed by atoms with Crippen LogP contribution in [0, 0.1) is 5.82 Å². The van der Waals surface area contributed by atoms with Gasteiger partial charge in [0.15, 0.2) is 11.5 Å². The topological polar surface area (TPSA) is 47.6 Å². The van der Waals surface area contributed by atoms with E-state index in [0.29, 0.717) is 0 Å². The molecule has 2 aromatic rings. The molecule has 0 aromatic heterocycles. The zero-order chi connectivity index (χ0) is 15.9. The SMILES string of the molecule is O=C(Nc1ccc(F)c(Cl)c1)c1cccc2c1OC(F)(F)O2. The highest BCUT2D eigenvalue weighted by Crippen LogP contribution is 2.43. The molecular formula is C14H7ClF3NO3. The van der Waals surface area contributed by atoms with Crippen molar-refractivity contribution in [1.29, 1.82) is 0 Å². The van der Waals surface area contributed by atoms with Gasteiger partial charge in [0.05, 0.1) is 10.6 Å². The summed E-state index contributed by atoms with van der Waals surface area (Å²) >= 11 is 5.60. The van der Waals surface area contributed by atoms with Gasteiger partial charge in [-0.05, 0) is 30.3 Å². The van der Waals surface area contributed by atoms with Gasteiger partial charge in [0.2, 0.25) is 0 Å². The van der Waals surface area contributed by atoms with Gasteiger partial charge in [-0.3, -0.25) is 4.79 Å². The van der Waals surface area contributed by atoms with Gasteiger partial charge in [-0.25, -0.2) is 4.39 Å². The van der Waals surface area contributed by atoms with Crippen molar-refractivity contribution in [3.8, 4) is 11.5 Å². The van der Waals surface area contributed by atoms with Crippen LogP contribution in [0.25, 0.3) is 0 Å². The Kier molecular flexibility index (Phi) is 3.37. The van der Waals surface area contributed by atoms with E-state index in [1.165, 1.54) is 30.3 Å². The van der Waals surface area contributed by atoms with Gasteiger partial charge in [0, 0.05) is 5.69 Å². The number of alkyl halides is 2. The van der Waals surface area contributed by atoms with Crippen molar-refractivity contribution >= 4 is 23.2 Å². The Bertz CT molecular complexity index is 767. The Labute approximate surface area is 127 Å². The monoisotopic (exact) mass is 329 g/mol. The van der Waals surface area contributed by atoms with E-state index in [9.17, 15) is 18.0 Å². The summed E-state index contributed by atoms with van der Waals surface area (Å²) in [6.07, 6.45) is -3.82. The summed E-state index contributed by atoms with van der Waals surface area (Å²) in [5.41, 5.74) is 0.0646. The fourth-order valence-electron chi connectivity index (χ4n) is 1.92. The number of hydrogen-bond donors (Lipinski definition) is 1. The van der Waals surface area contributed by atoms with Crippen LogP contribution in [0.3, 0.4) is 0 Å². The molecule has 0 saturated carbocycles. The highest BCUT2D eigenvalue weighted by molar-refractivity contribution is 6.31. The van der Waals surface area contributed by atoms with Crippen molar-refractivity contribution in [1.82, 2.24) is 0 Å². The quantitative estimate of drug-likeness (QED) is 0.904. The lowest BCUT2D eigenvalue weighted by Crippen LogP contribution is -2.26. The number of ether oxygens (including phenoxy) is 2. The number of carbonyl (C=O) groups excluding carboxylic acids is 1. The minimum atomic E-state index is -3.82. The van der Waals surface area contributed by atoms with Crippen molar-refractivity contribution < 1.29 is 27.4 Å². The third-order valence-corrected chi connectivity index (χ3v) is 3.14. The molecule has 0 fully saturated rings. The number of carbonyl (C=O) groups is 1. The molecule has 0 unspecified atom stereocenters. The normalized spacial score (nSPS) is 14.7. The third-order valence-electron chi connectivity index (χ3n) is 2.85.